The molecule has 0 atom stereocenters. The number of unbranched alkanes of at least 4 members (excludes halogenated alkanes) is 3. The molecule has 2 rings (SSSR count). The Morgan fingerprint density at radius 3 is 2.46 bits per heavy atom. The molecule has 0 saturated carbocycles. The van der Waals surface area contributed by atoms with E-state index in [1.807, 2.05) is 0 Å². The second-order valence-electron chi connectivity index (χ2n) is 6.98. The molecule has 0 spiro atoms. The van der Waals surface area contributed by atoms with Crippen molar-refractivity contribution >= 4 is 21.6 Å². The van der Waals surface area contributed by atoms with Crippen LogP contribution in [-0.4, -0.2) is 52.4 Å². The molecular weight excluding hydrogens is 350 g/mol. The van der Waals surface area contributed by atoms with E-state index < -0.39 is 10.0 Å². The topological polar surface area (TPSA) is 69.7 Å². The molecule has 1 fully saturated rings. The number of rotatable bonds is 9. The number of carbonyl (C=O) groups is 1. The third-order valence-corrected chi connectivity index (χ3v) is 6.56. The maximum atomic E-state index is 12.8. The smallest absolute Gasteiger partial charge is 0.253 e. The van der Waals surface area contributed by atoms with Gasteiger partial charge >= 0.3 is 0 Å². The van der Waals surface area contributed by atoms with Gasteiger partial charge in [0, 0.05) is 39.4 Å². The van der Waals surface area contributed by atoms with Gasteiger partial charge in [-0.3, -0.25) is 4.79 Å². The third kappa shape index (κ3) is 4.98. The summed E-state index contributed by atoms with van der Waals surface area (Å²) in [5.41, 5.74) is 1.27. The van der Waals surface area contributed by atoms with Crippen LogP contribution in [0.2, 0.25) is 0 Å². The fourth-order valence-electron chi connectivity index (χ4n) is 3.15. The van der Waals surface area contributed by atoms with E-state index in [0.717, 1.165) is 57.3 Å². The molecule has 6 nitrogen and oxygen atoms in total. The Morgan fingerprint density at radius 2 is 1.85 bits per heavy atom. The van der Waals surface area contributed by atoms with E-state index in [1.165, 1.54) is 24.5 Å². The van der Waals surface area contributed by atoms with Crippen LogP contribution in [0.4, 0.5) is 5.69 Å². The first-order valence-corrected chi connectivity index (χ1v) is 10.9. The molecule has 1 aromatic rings. The van der Waals surface area contributed by atoms with Crippen molar-refractivity contribution in [2.24, 2.45) is 0 Å². The van der Waals surface area contributed by atoms with Gasteiger partial charge in [0.05, 0.1) is 10.5 Å². The van der Waals surface area contributed by atoms with Crippen molar-refractivity contribution in [2.75, 3.05) is 38.6 Å². The maximum absolute atomic E-state index is 12.8. The number of amides is 1. The lowest BCUT2D eigenvalue weighted by atomic mass is 10.1. The highest BCUT2D eigenvalue weighted by atomic mass is 32.2. The van der Waals surface area contributed by atoms with Crippen molar-refractivity contribution in [3.8, 4) is 0 Å². The highest BCUT2D eigenvalue weighted by molar-refractivity contribution is 7.89. The van der Waals surface area contributed by atoms with E-state index in [4.69, 9.17) is 0 Å². The van der Waals surface area contributed by atoms with E-state index in [2.05, 4.69) is 17.1 Å². The first kappa shape index (κ1) is 20.7. The van der Waals surface area contributed by atoms with Crippen LogP contribution in [0.5, 0.6) is 0 Å². The first-order chi connectivity index (χ1) is 12.4. The number of hydrogen-bond acceptors (Lipinski definition) is 4. The van der Waals surface area contributed by atoms with Gasteiger partial charge in [-0.05, 0) is 37.5 Å². The third-order valence-electron chi connectivity index (χ3n) is 4.75. The molecule has 0 bridgehead atoms. The molecule has 1 saturated heterocycles. The molecule has 1 aromatic carbocycles. The quantitative estimate of drug-likeness (QED) is 0.668. The lowest BCUT2D eigenvalue weighted by Gasteiger charge is -2.22. The Labute approximate surface area is 157 Å². The van der Waals surface area contributed by atoms with Gasteiger partial charge < -0.3 is 10.2 Å². The van der Waals surface area contributed by atoms with E-state index in [9.17, 15) is 13.2 Å². The van der Waals surface area contributed by atoms with Crippen LogP contribution < -0.4 is 10.2 Å². The number of hydrogen-bond donors (Lipinski definition) is 1. The van der Waals surface area contributed by atoms with Crippen LogP contribution in [0.3, 0.4) is 0 Å². The Hall–Kier alpha value is -1.60. The van der Waals surface area contributed by atoms with E-state index >= 15 is 0 Å². The molecule has 1 aliphatic heterocycles. The second kappa shape index (κ2) is 9.37. The molecule has 1 amide bonds. The summed E-state index contributed by atoms with van der Waals surface area (Å²) in [4.78, 5) is 15.1. The molecule has 1 N–H and O–H groups in total. The van der Waals surface area contributed by atoms with Gasteiger partial charge in [-0.2, -0.15) is 0 Å². The highest BCUT2D eigenvalue weighted by Gasteiger charge is 2.24. The zero-order chi connectivity index (χ0) is 19.2. The Morgan fingerprint density at radius 1 is 1.15 bits per heavy atom. The fraction of sp³-hybridized carbons (Fsp3) is 0.632. The van der Waals surface area contributed by atoms with Crippen molar-refractivity contribution in [3.05, 3.63) is 23.8 Å². The molecule has 1 aliphatic rings. The SMILES string of the molecule is CCCCCCNC(=O)c1cc(S(=O)(=O)N(C)C)ccc1N1CCCC1. The van der Waals surface area contributed by atoms with E-state index in [-0.39, 0.29) is 10.8 Å². The summed E-state index contributed by atoms with van der Waals surface area (Å²) in [6.07, 6.45) is 6.52. The van der Waals surface area contributed by atoms with Crippen molar-refractivity contribution in [3.63, 3.8) is 0 Å². The van der Waals surface area contributed by atoms with Crippen molar-refractivity contribution < 1.29 is 13.2 Å². The standard InChI is InChI=1S/C19H31N3O3S/c1-4-5-6-7-12-20-19(23)17-15-16(26(24,25)21(2)3)10-11-18(17)22-13-8-9-14-22/h10-11,15H,4-9,12-14H2,1-3H3,(H,20,23). The maximum Gasteiger partial charge on any atom is 0.253 e. The van der Waals surface area contributed by atoms with Gasteiger partial charge in [0.25, 0.3) is 5.91 Å². The van der Waals surface area contributed by atoms with Crippen molar-refractivity contribution in [1.82, 2.24) is 9.62 Å². The Bertz CT molecular complexity index is 711. The van der Waals surface area contributed by atoms with Gasteiger partial charge in [-0.1, -0.05) is 26.2 Å². The van der Waals surface area contributed by atoms with Crippen LogP contribution in [0.1, 0.15) is 55.8 Å². The van der Waals surface area contributed by atoms with Crippen LogP contribution in [0.15, 0.2) is 23.1 Å². The lowest BCUT2D eigenvalue weighted by molar-refractivity contribution is 0.0953. The highest BCUT2D eigenvalue weighted by Crippen LogP contribution is 2.28. The number of nitrogens with one attached hydrogen (secondary N) is 1. The molecule has 0 unspecified atom stereocenters. The number of sulfonamides is 1. The fourth-order valence-corrected chi connectivity index (χ4v) is 4.08. The zero-order valence-electron chi connectivity index (χ0n) is 16.1. The zero-order valence-corrected chi connectivity index (χ0v) is 16.9. The average molecular weight is 382 g/mol. The van der Waals surface area contributed by atoms with Gasteiger partial charge in [0.15, 0.2) is 0 Å². The number of nitrogens with zero attached hydrogens (tertiary/aromatic N) is 2. The molecule has 0 aliphatic carbocycles. The molecule has 1 heterocycles. The van der Waals surface area contributed by atoms with Crippen LogP contribution >= 0.6 is 0 Å². The summed E-state index contributed by atoms with van der Waals surface area (Å²) in [6, 6.07) is 4.89. The first-order valence-electron chi connectivity index (χ1n) is 9.47. The normalized spacial score (nSPS) is 14.8. The summed E-state index contributed by atoms with van der Waals surface area (Å²) in [7, 11) is -0.576. The molecule has 7 heteroatoms. The molecule has 0 radical (unpaired) electrons. The number of anilines is 1. The minimum Gasteiger partial charge on any atom is -0.371 e. The molecule has 0 aromatic heterocycles. The monoisotopic (exact) mass is 381 g/mol. The molecule has 26 heavy (non-hydrogen) atoms. The van der Waals surface area contributed by atoms with E-state index in [0.29, 0.717) is 12.1 Å². The summed E-state index contributed by atoms with van der Waals surface area (Å²) in [5, 5.41) is 2.96. The molecule has 146 valence electrons. The largest absolute Gasteiger partial charge is 0.371 e. The summed E-state index contributed by atoms with van der Waals surface area (Å²) in [5.74, 6) is -0.195. The van der Waals surface area contributed by atoms with Crippen LogP contribution in [-0.2, 0) is 10.0 Å². The summed E-state index contributed by atoms with van der Waals surface area (Å²) < 4.78 is 26.1. The molecular formula is C19H31N3O3S. The van der Waals surface area contributed by atoms with Gasteiger partial charge in [-0.25, -0.2) is 12.7 Å². The minimum absolute atomic E-state index is 0.154. The van der Waals surface area contributed by atoms with Gasteiger partial charge in [-0.15, -0.1) is 0 Å². The average Bonchev–Trinajstić information content (AvgIpc) is 3.15. The summed E-state index contributed by atoms with van der Waals surface area (Å²) >= 11 is 0. The Balaban J connectivity index is 2.25. The van der Waals surface area contributed by atoms with Crippen molar-refractivity contribution in [1.29, 1.82) is 0 Å². The predicted octanol–water partition coefficient (Wildman–Crippen LogP) is 2.85. The van der Waals surface area contributed by atoms with Crippen molar-refractivity contribution in [2.45, 2.75) is 50.3 Å². The van der Waals surface area contributed by atoms with Gasteiger partial charge in [0.2, 0.25) is 10.0 Å². The van der Waals surface area contributed by atoms with Gasteiger partial charge in [0.1, 0.15) is 0 Å². The van der Waals surface area contributed by atoms with Crippen LogP contribution in [0, 0.1) is 0 Å². The minimum atomic E-state index is -3.57. The number of benzene rings is 1. The second-order valence-corrected chi connectivity index (χ2v) is 9.13. The lowest BCUT2D eigenvalue weighted by Crippen LogP contribution is -2.29. The summed E-state index contributed by atoms with van der Waals surface area (Å²) in [6.45, 7) is 4.56. The predicted molar refractivity (Wildman–Crippen MR) is 105 cm³/mol. The Kier molecular flexibility index (Phi) is 7.46. The number of carbonyl (C=O) groups excluding carboxylic acids is 1. The van der Waals surface area contributed by atoms with E-state index in [1.54, 1.807) is 12.1 Å². The van der Waals surface area contributed by atoms with Crippen LogP contribution in [0.25, 0.3) is 0 Å².